The lowest BCUT2D eigenvalue weighted by atomic mass is 9.64. The van der Waals surface area contributed by atoms with Crippen LogP contribution < -0.4 is 5.32 Å². The number of hydrogen-bond acceptors (Lipinski definition) is 3. The number of benzene rings is 1. The fourth-order valence-electron chi connectivity index (χ4n) is 2.87. The molecule has 0 unspecified atom stereocenters. The van der Waals surface area contributed by atoms with E-state index in [0.717, 1.165) is 24.8 Å². The van der Waals surface area contributed by atoms with Crippen molar-refractivity contribution in [3.63, 3.8) is 0 Å². The number of rotatable bonds is 5. The lowest BCUT2D eigenvalue weighted by Gasteiger charge is -2.40. The quantitative estimate of drug-likeness (QED) is 0.887. The average Bonchev–Trinajstić information content (AvgIpc) is 2.99. The van der Waals surface area contributed by atoms with E-state index in [1.165, 1.54) is 6.26 Å². The molecule has 0 saturated heterocycles. The van der Waals surface area contributed by atoms with Gasteiger partial charge in [-0.05, 0) is 30.5 Å². The molecule has 4 nitrogen and oxygen atoms in total. The molecule has 1 amide bonds. The number of amides is 1. The number of furan rings is 1. The Kier molecular flexibility index (Phi) is 3.80. The van der Waals surface area contributed by atoms with E-state index in [9.17, 15) is 9.90 Å². The predicted molar refractivity (Wildman–Crippen MR) is 78.6 cm³/mol. The summed E-state index contributed by atoms with van der Waals surface area (Å²) in [6, 6.07) is 13.3. The van der Waals surface area contributed by atoms with Crippen LogP contribution in [-0.2, 0) is 10.2 Å². The van der Waals surface area contributed by atoms with Crippen molar-refractivity contribution in [3.8, 4) is 0 Å². The molecular weight excluding hydrogens is 266 g/mol. The zero-order valence-corrected chi connectivity index (χ0v) is 11.8. The number of carbonyl (C=O) groups is 1. The first-order valence-corrected chi connectivity index (χ1v) is 7.28. The zero-order chi connectivity index (χ0) is 14.7. The molecule has 4 heteroatoms. The summed E-state index contributed by atoms with van der Waals surface area (Å²) >= 11 is 0. The van der Waals surface area contributed by atoms with Crippen molar-refractivity contribution in [2.75, 3.05) is 6.54 Å². The molecule has 1 heterocycles. The first kappa shape index (κ1) is 13.9. The molecule has 3 rings (SSSR count). The molecular formula is C17H19NO3. The maximum Gasteiger partial charge on any atom is 0.230 e. The van der Waals surface area contributed by atoms with Crippen LogP contribution >= 0.6 is 0 Å². The molecule has 110 valence electrons. The SMILES string of the molecule is O=C(NC[C@H](O)c1ccco1)C1(c2ccccc2)CCC1. The molecule has 0 spiro atoms. The lowest BCUT2D eigenvalue weighted by Crippen LogP contribution is -2.50. The van der Waals surface area contributed by atoms with Crippen LogP contribution in [0.5, 0.6) is 0 Å². The summed E-state index contributed by atoms with van der Waals surface area (Å²) in [6.45, 7) is 0.168. The van der Waals surface area contributed by atoms with Gasteiger partial charge in [0.2, 0.25) is 5.91 Å². The van der Waals surface area contributed by atoms with Crippen LogP contribution in [0.3, 0.4) is 0 Å². The van der Waals surface area contributed by atoms with Gasteiger partial charge in [0.05, 0.1) is 18.2 Å². The van der Waals surface area contributed by atoms with E-state index in [1.54, 1.807) is 12.1 Å². The first-order chi connectivity index (χ1) is 10.2. The molecule has 0 radical (unpaired) electrons. The molecule has 1 saturated carbocycles. The molecule has 21 heavy (non-hydrogen) atoms. The van der Waals surface area contributed by atoms with Gasteiger partial charge in [-0.25, -0.2) is 0 Å². The number of aliphatic hydroxyl groups excluding tert-OH is 1. The number of hydrogen-bond donors (Lipinski definition) is 2. The average molecular weight is 285 g/mol. The maximum atomic E-state index is 12.6. The minimum absolute atomic E-state index is 0.00874. The topological polar surface area (TPSA) is 62.5 Å². The molecule has 1 atom stereocenters. The van der Waals surface area contributed by atoms with Gasteiger partial charge in [0, 0.05) is 0 Å². The van der Waals surface area contributed by atoms with E-state index in [0.29, 0.717) is 5.76 Å². The van der Waals surface area contributed by atoms with Gasteiger partial charge >= 0.3 is 0 Å². The second kappa shape index (κ2) is 5.74. The van der Waals surface area contributed by atoms with Gasteiger partial charge in [-0.3, -0.25) is 4.79 Å². The minimum atomic E-state index is -0.808. The highest BCUT2D eigenvalue weighted by Crippen LogP contribution is 2.43. The summed E-state index contributed by atoms with van der Waals surface area (Å²) < 4.78 is 5.14. The molecule has 1 fully saturated rings. The van der Waals surface area contributed by atoms with Crippen LogP contribution in [0.4, 0.5) is 0 Å². The summed E-state index contributed by atoms with van der Waals surface area (Å²) in [7, 11) is 0. The van der Waals surface area contributed by atoms with Crippen molar-refractivity contribution in [2.24, 2.45) is 0 Å². The summed E-state index contributed by atoms with van der Waals surface area (Å²) in [5.74, 6) is 0.461. The number of carbonyl (C=O) groups excluding carboxylic acids is 1. The molecule has 1 aliphatic rings. The van der Waals surface area contributed by atoms with E-state index in [2.05, 4.69) is 5.32 Å². The fourth-order valence-corrected chi connectivity index (χ4v) is 2.87. The van der Waals surface area contributed by atoms with Gasteiger partial charge in [0.15, 0.2) is 0 Å². The van der Waals surface area contributed by atoms with E-state index in [-0.39, 0.29) is 12.5 Å². The van der Waals surface area contributed by atoms with Crippen molar-refractivity contribution >= 4 is 5.91 Å². The van der Waals surface area contributed by atoms with Crippen molar-refractivity contribution < 1.29 is 14.3 Å². The van der Waals surface area contributed by atoms with Gasteiger partial charge in [0.25, 0.3) is 0 Å². The minimum Gasteiger partial charge on any atom is -0.467 e. The standard InChI is InChI=1S/C17H19NO3/c19-14(15-8-4-11-21-15)12-18-16(20)17(9-5-10-17)13-6-2-1-3-7-13/h1-4,6-8,11,14,19H,5,9-10,12H2,(H,18,20)/t14-/m0/s1. The third-order valence-electron chi connectivity index (χ3n) is 4.30. The monoisotopic (exact) mass is 285 g/mol. The largest absolute Gasteiger partial charge is 0.467 e. The van der Waals surface area contributed by atoms with Gasteiger partial charge in [-0.15, -0.1) is 0 Å². The van der Waals surface area contributed by atoms with Crippen LogP contribution in [-0.4, -0.2) is 17.6 Å². The van der Waals surface area contributed by atoms with Gasteiger partial charge < -0.3 is 14.8 Å². The Morgan fingerprint density at radius 3 is 2.57 bits per heavy atom. The van der Waals surface area contributed by atoms with E-state index < -0.39 is 11.5 Å². The predicted octanol–water partition coefficient (Wildman–Crippen LogP) is 2.55. The Balaban J connectivity index is 1.67. The van der Waals surface area contributed by atoms with Gasteiger partial charge in [-0.2, -0.15) is 0 Å². The normalized spacial score (nSPS) is 17.8. The molecule has 1 aromatic heterocycles. The Morgan fingerprint density at radius 2 is 2.00 bits per heavy atom. The number of aliphatic hydroxyl groups is 1. The Hall–Kier alpha value is -2.07. The van der Waals surface area contributed by atoms with Crippen LogP contribution in [0, 0.1) is 0 Å². The van der Waals surface area contributed by atoms with Crippen LogP contribution in [0.1, 0.15) is 36.7 Å². The van der Waals surface area contributed by atoms with Crippen LogP contribution in [0.25, 0.3) is 0 Å². The van der Waals surface area contributed by atoms with Crippen molar-refractivity contribution in [2.45, 2.75) is 30.8 Å². The molecule has 1 aliphatic carbocycles. The molecule has 2 N–H and O–H groups in total. The van der Waals surface area contributed by atoms with Crippen molar-refractivity contribution in [1.29, 1.82) is 0 Å². The highest BCUT2D eigenvalue weighted by molar-refractivity contribution is 5.89. The second-order valence-corrected chi connectivity index (χ2v) is 5.54. The molecule has 0 aliphatic heterocycles. The van der Waals surface area contributed by atoms with Crippen LogP contribution in [0.2, 0.25) is 0 Å². The third-order valence-corrected chi connectivity index (χ3v) is 4.30. The van der Waals surface area contributed by atoms with Gasteiger partial charge in [-0.1, -0.05) is 36.8 Å². The van der Waals surface area contributed by atoms with E-state index in [1.807, 2.05) is 30.3 Å². The van der Waals surface area contributed by atoms with Crippen LogP contribution in [0.15, 0.2) is 53.1 Å². The molecule has 0 bridgehead atoms. The first-order valence-electron chi connectivity index (χ1n) is 7.28. The van der Waals surface area contributed by atoms with Crippen molar-refractivity contribution in [1.82, 2.24) is 5.32 Å². The summed E-state index contributed by atoms with van der Waals surface area (Å²) in [5.41, 5.74) is 0.630. The third kappa shape index (κ3) is 2.59. The highest BCUT2D eigenvalue weighted by Gasteiger charge is 2.45. The molecule has 1 aromatic carbocycles. The summed E-state index contributed by atoms with van der Waals surface area (Å²) in [5, 5.41) is 12.8. The second-order valence-electron chi connectivity index (χ2n) is 5.54. The van der Waals surface area contributed by atoms with E-state index >= 15 is 0 Å². The summed E-state index contributed by atoms with van der Waals surface area (Å²) in [4.78, 5) is 12.6. The fraction of sp³-hybridized carbons (Fsp3) is 0.353. The number of nitrogens with one attached hydrogen (secondary N) is 1. The Morgan fingerprint density at radius 1 is 1.24 bits per heavy atom. The highest BCUT2D eigenvalue weighted by atomic mass is 16.4. The Bertz CT molecular complexity index is 588. The lowest BCUT2D eigenvalue weighted by molar-refractivity contribution is -0.130. The van der Waals surface area contributed by atoms with E-state index in [4.69, 9.17) is 4.42 Å². The maximum absolute atomic E-state index is 12.6. The zero-order valence-electron chi connectivity index (χ0n) is 11.8. The summed E-state index contributed by atoms with van der Waals surface area (Å²) in [6.07, 6.45) is 3.48. The van der Waals surface area contributed by atoms with Gasteiger partial charge in [0.1, 0.15) is 11.9 Å². The smallest absolute Gasteiger partial charge is 0.230 e. The molecule has 2 aromatic rings. The Labute approximate surface area is 123 Å². The van der Waals surface area contributed by atoms with Crippen molar-refractivity contribution in [3.05, 3.63) is 60.1 Å².